The number of piperidine rings is 2. The Balaban J connectivity index is 1.53. The van der Waals surface area contributed by atoms with Gasteiger partial charge in [0.1, 0.15) is 0 Å². The lowest BCUT2D eigenvalue weighted by Crippen LogP contribution is -2.46. The Kier molecular flexibility index (Phi) is 5.76. The van der Waals surface area contributed by atoms with Gasteiger partial charge >= 0.3 is 0 Å². The van der Waals surface area contributed by atoms with Crippen molar-refractivity contribution in [1.82, 2.24) is 14.9 Å². The van der Waals surface area contributed by atoms with E-state index in [1.165, 1.54) is 29.0 Å². The zero-order chi connectivity index (χ0) is 17.9. The largest absolute Gasteiger partial charge is 0.349 e. The maximum atomic E-state index is 12.4. The molecule has 6 nitrogen and oxygen atoms in total. The van der Waals surface area contributed by atoms with Gasteiger partial charge in [0.2, 0.25) is 10.0 Å². The van der Waals surface area contributed by atoms with Crippen LogP contribution in [0, 0.1) is 0 Å². The lowest BCUT2D eigenvalue weighted by molar-refractivity contribution is 0.0924. The lowest BCUT2D eigenvalue weighted by Gasteiger charge is -2.30. The molecule has 2 heterocycles. The van der Waals surface area contributed by atoms with Gasteiger partial charge in [0.15, 0.2) is 0 Å². The predicted octanol–water partition coefficient (Wildman–Crippen LogP) is 1.31. The van der Waals surface area contributed by atoms with Crippen LogP contribution < -0.4 is 10.6 Å². The second-order valence-corrected chi connectivity index (χ2v) is 9.06. The van der Waals surface area contributed by atoms with E-state index in [0.717, 1.165) is 13.1 Å². The highest BCUT2D eigenvalue weighted by molar-refractivity contribution is 7.88. The maximum absolute atomic E-state index is 12.4. The number of sulfonamides is 1. The van der Waals surface area contributed by atoms with Gasteiger partial charge in [-0.3, -0.25) is 4.79 Å². The number of amides is 1. The van der Waals surface area contributed by atoms with Gasteiger partial charge in [0, 0.05) is 31.2 Å². The van der Waals surface area contributed by atoms with Crippen LogP contribution in [0.25, 0.3) is 0 Å². The van der Waals surface area contributed by atoms with Gasteiger partial charge in [-0.15, -0.1) is 0 Å². The van der Waals surface area contributed by atoms with Gasteiger partial charge in [-0.05, 0) is 55.8 Å². The third-order valence-electron chi connectivity index (χ3n) is 5.20. The maximum Gasteiger partial charge on any atom is 0.251 e. The van der Waals surface area contributed by atoms with E-state index in [9.17, 15) is 13.2 Å². The summed E-state index contributed by atoms with van der Waals surface area (Å²) in [5.41, 5.74) is 1.95. The first-order chi connectivity index (χ1) is 11.9. The number of hydrogen-bond acceptors (Lipinski definition) is 4. The summed E-state index contributed by atoms with van der Waals surface area (Å²) in [6.45, 7) is 3.04. The highest BCUT2D eigenvalue weighted by Gasteiger charge is 2.26. The summed E-state index contributed by atoms with van der Waals surface area (Å²) in [4.78, 5) is 12.4. The molecular weight excluding hydrogens is 338 g/mol. The van der Waals surface area contributed by atoms with Crippen LogP contribution in [0.3, 0.4) is 0 Å². The number of hydrogen-bond donors (Lipinski definition) is 2. The van der Waals surface area contributed by atoms with Crippen LogP contribution >= 0.6 is 0 Å². The molecule has 1 aromatic rings. The van der Waals surface area contributed by atoms with Gasteiger partial charge in [-0.1, -0.05) is 12.1 Å². The second kappa shape index (κ2) is 7.85. The summed E-state index contributed by atoms with van der Waals surface area (Å²) in [5.74, 6) is 0.456. The van der Waals surface area contributed by atoms with E-state index in [2.05, 4.69) is 22.8 Å². The second-order valence-electron chi connectivity index (χ2n) is 7.08. The van der Waals surface area contributed by atoms with Crippen LogP contribution in [0.5, 0.6) is 0 Å². The third kappa shape index (κ3) is 4.80. The topological polar surface area (TPSA) is 78.5 Å². The number of carbonyl (C=O) groups excluding carboxylic acids is 1. The van der Waals surface area contributed by atoms with Gasteiger partial charge in [0.05, 0.1) is 6.26 Å². The standard InChI is InChI=1S/C18H27N3O3S/c1-25(23,24)21-11-8-17(9-12-21)20-18(22)15-6-4-14(5-7-15)16-3-2-10-19-13-16/h4-7,16-17,19H,2-3,8-13H2,1H3,(H,20,22). The molecule has 0 radical (unpaired) electrons. The van der Waals surface area contributed by atoms with Crippen LogP contribution in [0.4, 0.5) is 0 Å². The SMILES string of the molecule is CS(=O)(=O)N1CCC(NC(=O)c2ccc(C3CCCNC3)cc2)CC1. The first-order valence-electron chi connectivity index (χ1n) is 9.00. The van der Waals surface area contributed by atoms with Crippen molar-refractivity contribution in [2.24, 2.45) is 0 Å². The zero-order valence-corrected chi connectivity index (χ0v) is 15.5. The molecule has 0 aliphatic carbocycles. The first kappa shape index (κ1) is 18.4. The molecule has 0 aromatic heterocycles. The Bertz CT molecular complexity index is 689. The Morgan fingerprint density at radius 2 is 1.84 bits per heavy atom. The Hall–Kier alpha value is -1.44. The molecule has 2 aliphatic heterocycles. The average molecular weight is 365 g/mol. The minimum absolute atomic E-state index is 0.0349. The summed E-state index contributed by atoms with van der Waals surface area (Å²) in [7, 11) is -3.13. The molecule has 3 rings (SSSR count). The minimum Gasteiger partial charge on any atom is -0.349 e. The van der Waals surface area contributed by atoms with Crippen LogP contribution in [0.15, 0.2) is 24.3 Å². The third-order valence-corrected chi connectivity index (χ3v) is 6.50. The van der Waals surface area contributed by atoms with E-state index >= 15 is 0 Å². The van der Waals surface area contributed by atoms with E-state index in [1.807, 2.05) is 12.1 Å². The highest BCUT2D eigenvalue weighted by atomic mass is 32.2. The van der Waals surface area contributed by atoms with Crippen molar-refractivity contribution < 1.29 is 13.2 Å². The van der Waals surface area contributed by atoms with E-state index in [1.54, 1.807) is 0 Å². The first-order valence-corrected chi connectivity index (χ1v) is 10.8. The van der Waals surface area contributed by atoms with Gasteiger partial charge < -0.3 is 10.6 Å². The molecule has 0 bridgehead atoms. The molecular formula is C18H27N3O3S. The summed E-state index contributed by atoms with van der Waals surface area (Å²) in [6, 6.07) is 7.93. The van der Waals surface area contributed by atoms with Gasteiger partial charge in [-0.25, -0.2) is 12.7 Å². The summed E-state index contributed by atoms with van der Waals surface area (Å²) in [6.07, 6.45) is 4.93. The Labute approximate surface area is 150 Å². The molecule has 25 heavy (non-hydrogen) atoms. The van der Waals surface area contributed by atoms with Crippen LogP contribution in [0.2, 0.25) is 0 Å². The lowest BCUT2D eigenvalue weighted by atomic mass is 9.91. The molecule has 7 heteroatoms. The summed E-state index contributed by atoms with van der Waals surface area (Å²) < 4.78 is 24.5. The quantitative estimate of drug-likeness (QED) is 0.843. The van der Waals surface area contributed by atoms with Crippen LogP contribution in [-0.4, -0.2) is 57.1 Å². The fourth-order valence-electron chi connectivity index (χ4n) is 3.64. The number of rotatable bonds is 4. The molecule has 2 saturated heterocycles. The van der Waals surface area contributed by atoms with Crippen molar-refractivity contribution in [2.45, 2.75) is 37.6 Å². The number of carbonyl (C=O) groups is 1. The zero-order valence-electron chi connectivity index (χ0n) is 14.7. The number of nitrogens with zero attached hydrogens (tertiary/aromatic N) is 1. The fourth-order valence-corrected chi connectivity index (χ4v) is 4.52. The molecule has 2 aliphatic rings. The van der Waals surface area contributed by atoms with E-state index in [0.29, 0.717) is 37.4 Å². The molecule has 1 amide bonds. The molecule has 2 N–H and O–H groups in total. The summed E-state index contributed by atoms with van der Waals surface area (Å²) in [5, 5.41) is 6.45. The normalized spacial score (nSPS) is 23.3. The van der Waals surface area contributed by atoms with Gasteiger partial charge in [-0.2, -0.15) is 0 Å². The highest BCUT2D eigenvalue weighted by Crippen LogP contribution is 2.23. The van der Waals surface area contributed by atoms with Crippen molar-refractivity contribution in [3.8, 4) is 0 Å². The van der Waals surface area contributed by atoms with Crippen molar-refractivity contribution in [1.29, 1.82) is 0 Å². The molecule has 1 aromatic carbocycles. The van der Waals surface area contributed by atoms with Crippen molar-refractivity contribution >= 4 is 15.9 Å². The van der Waals surface area contributed by atoms with E-state index in [4.69, 9.17) is 0 Å². The molecule has 1 atom stereocenters. The molecule has 0 saturated carbocycles. The van der Waals surface area contributed by atoms with Crippen LogP contribution in [0.1, 0.15) is 47.5 Å². The fraction of sp³-hybridized carbons (Fsp3) is 0.611. The average Bonchev–Trinajstić information content (AvgIpc) is 2.62. The van der Waals surface area contributed by atoms with Crippen molar-refractivity contribution in [3.63, 3.8) is 0 Å². The monoisotopic (exact) mass is 365 g/mol. The smallest absolute Gasteiger partial charge is 0.251 e. The molecule has 1 unspecified atom stereocenters. The number of nitrogens with one attached hydrogen (secondary N) is 2. The Morgan fingerprint density at radius 3 is 2.40 bits per heavy atom. The number of benzene rings is 1. The van der Waals surface area contributed by atoms with E-state index in [-0.39, 0.29) is 11.9 Å². The molecule has 2 fully saturated rings. The van der Waals surface area contributed by atoms with Crippen molar-refractivity contribution in [3.05, 3.63) is 35.4 Å². The molecule has 0 spiro atoms. The molecule has 138 valence electrons. The predicted molar refractivity (Wildman–Crippen MR) is 98.2 cm³/mol. The Morgan fingerprint density at radius 1 is 1.16 bits per heavy atom. The summed E-state index contributed by atoms with van der Waals surface area (Å²) >= 11 is 0. The van der Waals surface area contributed by atoms with Crippen LogP contribution in [-0.2, 0) is 10.0 Å². The van der Waals surface area contributed by atoms with E-state index < -0.39 is 10.0 Å². The van der Waals surface area contributed by atoms with Crippen molar-refractivity contribution in [2.75, 3.05) is 32.4 Å². The minimum atomic E-state index is -3.13. The van der Waals surface area contributed by atoms with Gasteiger partial charge in [0.25, 0.3) is 5.91 Å².